The fourth-order valence-electron chi connectivity index (χ4n) is 2.90. The van der Waals surface area contributed by atoms with Crippen molar-refractivity contribution < 1.29 is 4.74 Å². The van der Waals surface area contributed by atoms with E-state index in [-0.39, 0.29) is 0 Å². The van der Waals surface area contributed by atoms with Crippen LogP contribution in [-0.2, 0) is 0 Å². The van der Waals surface area contributed by atoms with Gasteiger partial charge in [0.25, 0.3) is 0 Å². The molecule has 1 saturated carbocycles. The van der Waals surface area contributed by atoms with Gasteiger partial charge in [-0.1, -0.05) is 31.0 Å². The number of aryl methyl sites for hydroxylation is 1. The number of nitrogens with one attached hydrogen (secondary N) is 1. The Labute approximate surface area is 117 Å². The van der Waals surface area contributed by atoms with Gasteiger partial charge >= 0.3 is 0 Å². The summed E-state index contributed by atoms with van der Waals surface area (Å²) < 4.78 is 5.82. The molecule has 1 aromatic rings. The van der Waals surface area contributed by atoms with Crippen molar-refractivity contribution in [1.29, 1.82) is 0 Å². The molecule has 1 N–H and O–H groups in total. The number of rotatable bonds is 6. The highest BCUT2D eigenvalue weighted by Crippen LogP contribution is 2.28. The highest BCUT2D eigenvalue weighted by molar-refractivity contribution is 5.26. The molecule has 0 saturated heterocycles. The molecule has 0 radical (unpaired) electrons. The highest BCUT2D eigenvalue weighted by Gasteiger charge is 2.24. The zero-order chi connectivity index (χ0) is 13.7. The fourth-order valence-corrected chi connectivity index (χ4v) is 2.90. The van der Waals surface area contributed by atoms with Crippen LogP contribution >= 0.6 is 0 Å². The first kappa shape index (κ1) is 14.4. The van der Waals surface area contributed by atoms with E-state index < -0.39 is 0 Å². The van der Waals surface area contributed by atoms with Crippen molar-refractivity contribution in [1.82, 2.24) is 5.32 Å². The Morgan fingerprint density at radius 1 is 1.26 bits per heavy atom. The maximum absolute atomic E-state index is 5.82. The van der Waals surface area contributed by atoms with Gasteiger partial charge in [0.05, 0.1) is 0 Å². The van der Waals surface area contributed by atoms with Crippen LogP contribution in [0.2, 0.25) is 0 Å². The van der Waals surface area contributed by atoms with Gasteiger partial charge in [-0.3, -0.25) is 0 Å². The van der Waals surface area contributed by atoms with E-state index in [9.17, 15) is 0 Å². The van der Waals surface area contributed by atoms with E-state index in [1.165, 1.54) is 31.2 Å². The predicted octanol–water partition coefficient (Wildman–Crippen LogP) is 3.93. The van der Waals surface area contributed by atoms with Crippen molar-refractivity contribution in [2.75, 3.05) is 6.61 Å². The van der Waals surface area contributed by atoms with Crippen LogP contribution in [0.15, 0.2) is 24.3 Å². The Kier molecular flexibility index (Phi) is 5.26. The topological polar surface area (TPSA) is 21.3 Å². The van der Waals surface area contributed by atoms with Gasteiger partial charge in [0.2, 0.25) is 0 Å². The lowest BCUT2D eigenvalue weighted by molar-refractivity contribution is 0.260. The van der Waals surface area contributed by atoms with E-state index in [4.69, 9.17) is 4.74 Å². The summed E-state index contributed by atoms with van der Waals surface area (Å²) in [4.78, 5) is 0. The van der Waals surface area contributed by atoms with E-state index in [0.29, 0.717) is 12.1 Å². The van der Waals surface area contributed by atoms with Crippen LogP contribution < -0.4 is 10.1 Å². The first-order valence-electron chi connectivity index (χ1n) is 7.63. The minimum atomic E-state index is 0.418. The average molecular weight is 261 g/mol. The van der Waals surface area contributed by atoms with E-state index in [1.807, 2.05) is 12.1 Å². The van der Waals surface area contributed by atoms with E-state index in [2.05, 4.69) is 38.2 Å². The molecular formula is C17H27NO. The third-order valence-corrected chi connectivity index (χ3v) is 4.16. The normalized spacial score (nSPS) is 24.4. The summed E-state index contributed by atoms with van der Waals surface area (Å²) in [5.41, 5.74) is 1.27. The molecule has 2 nitrogen and oxygen atoms in total. The first-order valence-corrected chi connectivity index (χ1v) is 7.63. The molecule has 3 unspecified atom stereocenters. The van der Waals surface area contributed by atoms with Gasteiger partial charge in [0.1, 0.15) is 12.4 Å². The van der Waals surface area contributed by atoms with Gasteiger partial charge < -0.3 is 10.1 Å². The van der Waals surface area contributed by atoms with Gasteiger partial charge in [0.15, 0.2) is 0 Å². The molecule has 1 aliphatic rings. The van der Waals surface area contributed by atoms with Gasteiger partial charge in [-0.2, -0.15) is 0 Å². The minimum absolute atomic E-state index is 0.418. The molecule has 106 valence electrons. The van der Waals surface area contributed by atoms with Crippen molar-refractivity contribution in [2.45, 2.75) is 58.5 Å². The largest absolute Gasteiger partial charge is 0.492 e. The molecule has 0 aliphatic heterocycles. The average Bonchev–Trinajstić information content (AvgIpc) is 2.86. The molecular weight excluding hydrogens is 234 g/mol. The lowest BCUT2D eigenvalue weighted by atomic mass is 10.1. The predicted molar refractivity (Wildman–Crippen MR) is 80.7 cm³/mol. The van der Waals surface area contributed by atoms with Crippen molar-refractivity contribution in [3.8, 4) is 5.75 Å². The van der Waals surface area contributed by atoms with Crippen molar-refractivity contribution in [3.05, 3.63) is 29.8 Å². The Morgan fingerprint density at radius 3 is 2.63 bits per heavy atom. The van der Waals surface area contributed by atoms with E-state index >= 15 is 0 Å². The smallest absolute Gasteiger partial charge is 0.119 e. The van der Waals surface area contributed by atoms with Crippen LogP contribution in [0.3, 0.4) is 0 Å². The Hall–Kier alpha value is -1.02. The van der Waals surface area contributed by atoms with Crippen LogP contribution in [-0.4, -0.2) is 18.7 Å². The summed E-state index contributed by atoms with van der Waals surface area (Å²) in [5.74, 6) is 1.90. The zero-order valence-electron chi connectivity index (χ0n) is 12.5. The van der Waals surface area contributed by atoms with Crippen LogP contribution in [0.25, 0.3) is 0 Å². The molecule has 2 rings (SSSR count). The standard InChI is InChI=1S/C17H27NO/c1-4-15-7-8-16(11-15)18-14(3)12-19-17-9-5-13(2)6-10-17/h5-6,9-10,14-16,18H,4,7-8,11-12H2,1-3H3. The minimum Gasteiger partial charge on any atom is -0.492 e. The fraction of sp³-hybridized carbons (Fsp3) is 0.647. The molecule has 1 aliphatic carbocycles. The molecule has 3 atom stereocenters. The summed E-state index contributed by atoms with van der Waals surface area (Å²) in [6.07, 6.45) is 5.38. The van der Waals surface area contributed by atoms with Crippen LogP contribution in [0.1, 0.15) is 45.1 Å². The molecule has 1 aromatic carbocycles. The molecule has 19 heavy (non-hydrogen) atoms. The maximum atomic E-state index is 5.82. The van der Waals surface area contributed by atoms with Gasteiger partial charge in [-0.15, -0.1) is 0 Å². The second kappa shape index (κ2) is 6.95. The monoisotopic (exact) mass is 261 g/mol. The van der Waals surface area contributed by atoms with Crippen molar-refractivity contribution in [2.24, 2.45) is 5.92 Å². The number of benzene rings is 1. The number of hydrogen-bond donors (Lipinski definition) is 1. The Morgan fingerprint density at radius 2 is 2.00 bits per heavy atom. The quantitative estimate of drug-likeness (QED) is 0.837. The highest BCUT2D eigenvalue weighted by atomic mass is 16.5. The van der Waals surface area contributed by atoms with Crippen molar-refractivity contribution >= 4 is 0 Å². The second-order valence-corrected chi connectivity index (χ2v) is 5.98. The van der Waals surface area contributed by atoms with Crippen LogP contribution in [0.5, 0.6) is 5.75 Å². The SMILES string of the molecule is CCC1CCC(NC(C)COc2ccc(C)cc2)C1. The third kappa shape index (κ3) is 4.54. The van der Waals surface area contributed by atoms with E-state index in [1.54, 1.807) is 0 Å². The summed E-state index contributed by atoms with van der Waals surface area (Å²) in [5, 5.41) is 3.70. The second-order valence-electron chi connectivity index (χ2n) is 5.98. The number of hydrogen-bond acceptors (Lipinski definition) is 2. The lowest BCUT2D eigenvalue weighted by Crippen LogP contribution is -2.38. The molecule has 1 fully saturated rings. The molecule has 0 heterocycles. The third-order valence-electron chi connectivity index (χ3n) is 4.16. The molecule has 0 spiro atoms. The van der Waals surface area contributed by atoms with Gasteiger partial charge in [-0.05, 0) is 51.2 Å². The van der Waals surface area contributed by atoms with Crippen LogP contribution in [0.4, 0.5) is 0 Å². The molecule has 2 heteroatoms. The Bertz CT molecular complexity index is 373. The molecule has 0 bridgehead atoms. The van der Waals surface area contributed by atoms with Gasteiger partial charge in [-0.25, -0.2) is 0 Å². The lowest BCUT2D eigenvalue weighted by Gasteiger charge is -2.20. The van der Waals surface area contributed by atoms with Crippen LogP contribution in [0, 0.1) is 12.8 Å². The summed E-state index contributed by atoms with van der Waals surface area (Å²) in [7, 11) is 0. The van der Waals surface area contributed by atoms with E-state index in [0.717, 1.165) is 18.3 Å². The summed E-state index contributed by atoms with van der Waals surface area (Å²) >= 11 is 0. The number of ether oxygens (including phenoxy) is 1. The maximum Gasteiger partial charge on any atom is 0.119 e. The van der Waals surface area contributed by atoms with Crippen molar-refractivity contribution in [3.63, 3.8) is 0 Å². The van der Waals surface area contributed by atoms with Gasteiger partial charge in [0, 0.05) is 12.1 Å². The first-order chi connectivity index (χ1) is 9.17. The molecule has 0 aromatic heterocycles. The summed E-state index contributed by atoms with van der Waals surface area (Å²) in [6, 6.07) is 9.39. The molecule has 0 amide bonds. The zero-order valence-corrected chi connectivity index (χ0v) is 12.5. The summed E-state index contributed by atoms with van der Waals surface area (Å²) in [6.45, 7) is 7.36. The Balaban J connectivity index is 1.70.